The number of hydrogen-bond acceptors (Lipinski definition) is 2. The van der Waals surface area contributed by atoms with Crippen LogP contribution < -0.4 is 0 Å². The first-order valence-electron chi connectivity index (χ1n) is 5.92. The second-order valence-corrected chi connectivity index (χ2v) is 4.33. The molecule has 2 nitrogen and oxygen atoms in total. The molecule has 2 heteroatoms. The van der Waals surface area contributed by atoms with Gasteiger partial charge in [0.15, 0.2) is 0 Å². The van der Waals surface area contributed by atoms with E-state index in [1.807, 2.05) is 6.92 Å². The summed E-state index contributed by atoms with van der Waals surface area (Å²) in [4.78, 5) is 11.7. The number of carbonyl (C=O) groups is 1. The molecule has 1 aliphatic carbocycles. The maximum atomic E-state index is 11.7. The van der Waals surface area contributed by atoms with E-state index in [0.29, 0.717) is 12.5 Å². The summed E-state index contributed by atoms with van der Waals surface area (Å²) in [5.74, 6) is 0.700. The molecule has 0 radical (unpaired) electrons. The van der Waals surface area contributed by atoms with Gasteiger partial charge < -0.3 is 4.74 Å². The van der Waals surface area contributed by atoms with Crippen LogP contribution in [0.15, 0.2) is 0 Å². The van der Waals surface area contributed by atoms with Crippen molar-refractivity contribution in [3.63, 3.8) is 0 Å². The molecule has 1 fully saturated rings. The summed E-state index contributed by atoms with van der Waals surface area (Å²) in [5.41, 5.74) is 0. The van der Waals surface area contributed by atoms with Crippen LogP contribution in [0.5, 0.6) is 0 Å². The van der Waals surface area contributed by atoms with Crippen molar-refractivity contribution in [1.82, 2.24) is 0 Å². The van der Waals surface area contributed by atoms with Gasteiger partial charge in [0.2, 0.25) is 0 Å². The third kappa shape index (κ3) is 3.32. The summed E-state index contributed by atoms with van der Waals surface area (Å²) in [5, 5.41) is 0. The lowest BCUT2D eigenvalue weighted by Gasteiger charge is -2.24. The van der Waals surface area contributed by atoms with Crippen LogP contribution in [0.4, 0.5) is 0 Å². The fourth-order valence-electron chi connectivity index (χ4n) is 2.27. The fourth-order valence-corrected chi connectivity index (χ4v) is 2.27. The summed E-state index contributed by atoms with van der Waals surface area (Å²) in [6, 6.07) is 0. The highest BCUT2D eigenvalue weighted by Gasteiger charge is 2.26. The van der Waals surface area contributed by atoms with Crippen molar-refractivity contribution in [2.45, 2.75) is 52.4 Å². The van der Waals surface area contributed by atoms with Gasteiger partial charge in [-0.25, -0.2) is 0 Å². The Bertz CT molecular complexity index is 177. The lowest BCUT2D eigenvalue weighted by atomic mass is 9.83. The maximum Gasteiger partial charge on any atom is 0.309 e. The van der Waals surface area contributed by atoms with Crippen molar-refractivity contribution in [2.75, 3.05) is 6.61 Å². The van der Waals surface area contributed by atoms with Gasteiger partial charge >= 0.3 is 5.97 Å². The Morgan fingerprint density at radius 1 is 1.21 bits per heavy atom. The first kappa shape index (κ1) is 11.5. The largest absolute Gasteiger partial charge is 0.466 e. The Labute approximate surface area is 87.0 Å². The minimum atomic E-state index is 0.0295. The molecule has 1 rings (SSSR count). The fraction of sp³-hybridized carbons (Fsp3) is 0.917. The molecule has 0 spiro atoms. The number of esters is 1. The van der Waals surface area contributed by atoms with Gasteiger partial charge in [0, 0.05) is 0 Å². The highest BCUT2D eigenvalue weighted by molar-refractivity contribution is 5.72. The molecule has 82 valence electrons. The van der Waals surface area contributed by atoms with Crippen LogP contribution in [0, 0.1) is 11.8 Å². The Hall–Kier alpha value is -0.530. The summed E-state index contributed by atoms with van der Waals surface area (Å²) in [7, 11) is 0. The summed E-state index contributed by atoms with van der Waals surface area (Å²) in [6.45, 7) is 4.58. The zero-order valence-corrected chi connectivity index (χ0v) is 9.42. The van der Waals surface area contributed by atoms with Gasteiger partial charge in [-0.2, -0.15) is 0 Å². The maximum absolute atomic E-state index is 11.7. The molecule has 2 atom stereocenters. The first-order chi connectivity index (χ1) is 6.75. The SMILES string of the molecule is CCOC(=O)C1CCCCCCC1C. The summed E-state index contributed by atoms with van der Waals surface area (Å²) < 4.78 is 5.11. The Balaban J connectivity index is 2.48. The summed E-state index contributed by atoms with van der Waals surface area (Å²) >= 11 is 0. The van der Waals surface area contributed by atoms with Crippen LogP contribution >= 0.6 is 0 Å². The van der Waals surface area contributed by atoms with Crippen LogP contribution in [0.2, 0.25) is 0 Å². The van der Waals surface area contributed by atoms with Crippen molar-refractivity contribution in [3.8, 4) is 0 Å². The van der Waals surface area contributed by atoms with Gasteiger partial charge in [-0.3, -0.25) is 4.79 Å². The highest BCUT2D eigenvalue weighted by Crippen LogP contribution is 2.28. The second-order valence-electron chi connectivity index (χ2n) is 4.33. The molecule has 0 aromatic carbocycles. The predicted molar refractivity (Wildman–Crippen MR) is 57.0 cm³/mol. The van der Waals surface area contributed by atoms with E-state index in [4.69, 9.17) is 4.74 Å². The van der Waals surface area contributed by atoms with Gasteiger partial charge in [-0.05, 0) is 25.7 Å². The van der Waals surface area contributed by atoms with Crippen LogP contribution in [0.25, 0.3) is 0 Å². The van der Waals surface area contributed by atoms with Crippen LogP contribution in [0.1, 0.15) is 52.4 Å². The molecule has 1 aliphatic rings. The Kier molecular flexibility index (Phi) is 4.99. The molecule has 0 N–H and O–H groups in total. The average Bonchev–Trinajstić information content (AvgIpc) is 2.12. The van der Waals surface area contributed by atoms with E-state index >= 15 is 0 Å². The van der Waals surface area contributed by atoms with Gasteiger partial charge in [0.25, 0.3) is 0 Å². The molecular weight excluding hydrogens is 176 g/mol. The van der Waals surface area contributed by atoms with E-state index in [0.717, 1.165) is 6.42 Å². The molecule has 0 aliphatic heterocycles. The minimum Gasteiger partial charge on any atom is -0.466 e. The van der Waals surface area contributed by atoms with Crippen molar-refractivity contribution in [2.24, 2.45) is 11.8 Å². The second kappa shape index (κ2) is 6.05. The lowest BCUT2D eigenvalue weighted by Crippen LogP contribution is -2.25. The van der Waals surface area contributed by atoms with Gasteiger partial charge in [-0.1, -0.05) is 32.6 Å². The van der Waals surface area contributed by atoms with Crippen LogP contribution in [-0.4, -0.2) is 12.6 Å². The monoisotopic (exact) mass is 198 g/mol. The number of carbonyl (C=O) groups excluding carboxylic acids is 1. The normalized spacial score (nSPS) is 29.0. The topological polar surface area (TPSA) is 26.3 Å². The predicted octanol–water partition coefficient (Wildman–Crippen LogP) is 3.16. The van der Waals surface area contributed by atoms with Crippen molar-refractivity contribution < 1.29 is 9.53 Å². The zero-order chi connectivity index (χ0) is 10.4. The molecule has 0 heterocycles. The standard InChI is InChI=1S/C12H22O2/c1-3-14-12(13)11-9-7-5-4-6-8-10(11)2/h10-11H,3-9H2,1-2H3. The minimum absolute atomic E-state index is 0.0295. The zero-order valence-electron chi connectivity index (χ0n) is 9.42. The molecule has 1 saturated carbocycles. The van der Waals surface area contributed by atoms with Crippen molar-refractivity contribution in [3.05, 3.63) is 0 Å². The highest BCUT2D eigenvalue weighted by atomic mass is 16.5. The van der Waals surface area contributed by atoms with Gasteiger partial charge in [-0.15, -0.1) is 0 Å². The third-order valence-corrected chi connectivity index (χ3v) is 3.20. The smallest absolute Gasteiger partial charge is 0.309 e. The van der Waals surface area contributed by atoms with E-state index in [1.54, 1.807) is 0 Å². The molecular formula is C12H22O2. The van der Waals surface area contributed by atoms with Crippen molar-refractivity contribution in [1.29, 1.82) is 0 Å². The molecule has 0 amide bonds. The lowest BCUT2D eigenvalue weighted by molar-refractivity contribution is -0.150. The number of hydrogen-bond donors (Lipinski definition) is 0. The number of ether oxygens (including phenoxy) is 1. The molecule has 0 aromatic heterocycles. The van der Waals surface area contributed by atoms with Crippen LogP contribution in [-0.2, 0) is 9.53 Å². The Morgan fingerprint density at radius 2 is 1.86 bits per heavy atom. The first-order valence-corrected chi connectivity index (χ1v) is 5.92. The van der Waals surface area contributed by atoms with E-state index in [1.165, 1.54) is 32.1 Å². The summed E-state index contributed by atoms with van der Waals surface area (Å²) in [6.07, 6.45) is 7.29. The van der Waals surface area contributed by atoms with E-state index in [9.17, 15) is 4.79 Å². The number of rotatable bonds is 2. The third-order valence-electron chi connectivity index (χ3n) is 3.20. The molecule has 0 bridgehead atoms. The van der Waals surface area contributed by atoms with Crippen molar-refractivity contribution >= 4 is 5.97 Å². The molecule has 0 aromatic rings. The Morgan fingerprint density at radius 3 is 2.50 bits per heavy atom. The molecule has 2 unspecified atom stereocenters. The average molecular weight is 198 g/mol. The van der Waals surface area contributed by atoms with E-state index in [-0.39, 0.29) is 11.9 Å². The molecule has 14 heavy (non-hydrogen) atoms. The van der Waals surface area contributed by atoms with Crippen LogP contribution in [0.3, 0.4) is 0 Å². The van der Waals surface area contributed by atoms with E-state index < -0.39 is 0 Å². The molecule has 0 saturated heterocycles. The van der Waals surface area contributed by atoms with Gasteiger partial charge in [0.1, 0.15) is 0 Å². The quantitative estimate of drug-likeness (QED) is 0.637. The van der Waals surface area contributed by atoms with Gasteiger partial charge in [0.05, 0.1) is 12.5 Å². The van der Waals surface area contributed by atoms with E-state index in [2.05, 4.69) is 6.92 Å².